The lowest BCUT2D eigenvalue weighted by molar-refractivity contribution is -0.253. The maximum Gasteiger partial charge on any atom is 0.461 e. The van der Waals surface area contributed by atoms with Crippen LogP contribution in [0.25, 0.3) is 0 Å². The molecule has 34 heavy (non-hydrogen) atoms. The molecule has 0 spiro atoms. The molecule has 1 atom stereocenters. The number of hydrogen-bond donors (Lipinski definition) is 0. The van der Waals surface area contributed by atoms with Crippen molar-refractivity contribution in [1.29, 1.82) is 0 Å². The van der Waals surface area contributed by atoms with Crippen LogP contribution in [-0.4, -0.2) is 25.1 Å². The van der Waals surface area contributed by atoms with Crippen molar-refractivity contribution in [3.63, 3.8) is 0 Å². The number of hydrogen-bond acceptors (Lipinski definition) is 2. The molecule has 0 heterocycles. The minimum atomic E-state index is -4.63. The van der Waals surface area contributed by atoms with Crippen LogP contribution in [-0.2, 0) is 0 Å². The second kappa shape index (κ2) is 11.8. The number of halogens is 8. The fourth-order valence-electron chi connectivity index (χ4n) is 3.70. The van der Waals surface area contributed by atoms with E-state index >= 15 is 0 Å². The second-order valence-corrected chi connectivity index (χ2v) is 7.86. The molecule has 0 aromatic heterocycles. The van der Waals surface area contributed by atoms with E-state index in [9.17, 15) is 35.1 Å². The van der Waals surface area contributed by atoms with E-state index in [0.29, 0.717) is 11.1 Å². The predicted molar refractivity (Wildman–Crippen MR) is 111 cm³/mol. The Morgan fingerprint density at radius 3 is 1.35 bits per heavy atom. The van der Waals surface area contributed by atoms with Gasteiger partial charge in [0, 0.05) is 5.92 Å². The van der Waals surface area contributed by atoms with Crippen LogP contribution in [0.2, 0.25) is 0 Å². The largest absolute Gasteiger partial charge is 0.461 e. The highest BCUT2D eigenvalue weighted by molar-refractivity contribution is 5.39. The van der Waals surface area contributed by atoms with Crippen LogP contribution in [0.1, 0.15) is 56.6 Å². The second-order valence-electron chi connectivity index (χ2n) is 7.86. The molecule has 0 aliphatic carbocycles. The Bertz CT molecular complexity index is 804. The van der Waals surface area contributed by atoms with Gasteiger partial charge in [0.25, 0.3) is 0 Å². The molecule has 0 amide bonds. The van der Waals surface area contributed by atoms with Gasteiger partial charge in [-0.15, -0.1) is 0 Å². The maximum atomic E-state index is 13.2. The molecular formula is C24H26F8O2. The van der Waals surface area contributed by atoms with Crippen molar-refractivity contribution in [2.75, 3.05) is 0 Å². The lowest BCUT2D eigenvalue weighted by Crippen LogP contribution is -2.33. The third-order valence-corrected chi connectivity index (χ3v) is 5.42. The van der Waals surface area contributed by atoms with E-state index in [1.54, 1.807) is 0 Å². The molecule has 2 aromatic carbocycles. The van der Waals surface area contributed by atoms with Crippen LogP contribution in [0.4, 0.5) is 35.1 Å². The van der Waals surface area contributed by atoms with E-state index in [-0.39, 0.29) is 11.8 Å². The van der Waals surface area contributed by atoms with Crippen molar-refractivity contribution in [3.8, 4) is 11.5 Å². The minimum Gasteiger partial charge on any atom is -0.428 e. The summed E-state index contributed by atoms with van der Waals surface area (Å²) in [6.07, 6.45) is -13.9. The van der Waals surface area contributed by atoms with Crippen molar-refractivity contribution in [2.24, 2.45) is 5.92 Å². The monoisotopic (exact) mass is 498 g/mol. The van der Waals surface area contributed by atoms with Crippen molar-refractivity contribution in [3.05, 3.63) is 59.7 Å². The van der Waals surface area contributed by atoms with Gasteiger partial charge in [0.2, 0.25) is 0 Å². The SMILES string of the molecule is CCCCC(CC)C(c1ccc(OC(F)(F)C(F)F)cc1)c1ccc(OC(F)(F)C(F)F)cc1. The van der Waals surface area contributed by atoms with Gasteiger partial charge in [-0.05, 0) is 47.7 Å². The summed E-state index contributed by atoms with van der Waals surface area (Å²) in [5.74, 6) is -1.10. The van der Waals surface area contributed by atoms with Gasteiger partial charge in [-0.2, -0.15) is 35.1 Å². The summed E-state index contributed by atoms with van der Waals surface area (Å²) in [4.78, 5) is 0. The van der Waals surface area contributed by atoms with E-state index in [2.05, 4.69) is 9.47 Å². The van der Waals surface area contributed by atoms with Crippen molar-refractivity contribution in [2.45, 2.75) is 70.5 Å². The number of unbranched alkanes of at least 4 members (excludes halogenated alkanes) is 1. The third-order valence-electron chi connectivity index (χ3n) is 5.42. The van der Waals surface area contributed by atoms with Gasteiger partial charge in [0.1, 0.15) is 11.5 Å². The molecule has 0 saturated carbocycles. The van der Waals surface area contributed by atoms with Gasteiger partial charge in [0.15, 0.2) is 0 Å². The topological polar surface area (TPSA) is 18.5 Å². The normalized spacial score (nSPS) is 13.6. The predicted octanol–water partition coefficient (Wildman–Crippen LogP) is 8.51. The standard InChI is InChI=1S/C24H26F8O2/c1-3-5-6-15(4-2)20(16-7-11-18(12-8-16)33-23(29,30)21(25)26)17-9-13-19(14-10-17)34-24(31,32)22(27)28/h7-15,20-22H,3-6H2,1-2H3. The lowest BCUT2D eigenvalue weighted by atomic mass is 9.77. The van der Waals surface area contributed by atoms with Gasteiger partial charge < -0.3 is 9.47 Å². The van der Waals surface area contributed by atoms with E-state index in [1.807, 2.05) is 13.8 Å². The Morgan fingerprint density at radius 2 is 1.06 bits per heavy atom. The average molecular weight is 498 g/mol. The first kappa shape index (κ1) is 27.7. The Kier molecular flexibility index (Phi) is 9.58. The highest BCUT2D eigenvalue weighted by atomic mass is 19.3. The fourth-order valence-corrected chi connectivity index (χ4v) is 3.70. The molecule has 2 rings (SSSR count). The molecule has 0 bridgehead atoms. The minimum absolute atomic E-state index is 0.0727. The smallest absolute Gasteiger partial charge is 0.428 e. The first-order valence-electron chi connectivity index (χ1n) is 10.8. The van der Waals surface area contributed by atoms with Crippen LogP contribution in [0.3, 0.4) is 0 Å². The Labute approximate surface area is 192 Å². The van der Waals surface area contributed by atoms with E-state index in [0.717, 1.165) is 49.9 Å². The summed E-state index contributed by atoms with van der Waals surface area (Å²) >= 11 is 0. The summed E-state index contributed by atoms with van der Waals surface area (Å²) < 4.78 is 111. The average Bonchev–Trinajstić information content (AvgIpc) is 2.77. The van der Waals surface area contributed by atoms with Gasteiger partial charge in [0.05, 0.1) is 0 Å². The zero-order valence-electron chi connectivity index (χ0n) is 18.6. The van der Waals surface area contributed by atoms with Gasteiger partial charge in [-0.25, -0.2) is 0 Å². The van der Waals surface area contributed by atoms with Gasteiger partial charge >= 0.3 is 25.1 Å². The number of alkyl halides is 8. The van der Waals surface area contributed by atoms with E-state index in [1.165, 1.54) is 24.3 Å². The highest BCUT2D eigenvalue weighted by Crippen LogP contribution is 2.39. The molecule has 10 heteroatoms. The molecule has 0 N–H and O–H groups in total. The lowest BCUT2D eigenvalue weighted by Gasteiger charge is -2.28. The molecule has 1 unspecified atom stereocenters. The van der Waals surface area contributed by atoms with Gasteiger partial charge in [-0.3, -0.25) is 0 Å². The van der Waals surface area contributed by atoms with Crippen LogP contribution in [0, 0.1) is 5.92 Å². The van der Waals surface area contributed by atoms with E-state index in [4.69, 9.17) is 0 Å². The molecule has 2 nitrogen and oxygen atoms in total. The molecule has 0 radical (unpaired) electrons. The summed E-state index contributed by atoms with van der Waals surface area (Å²) in [6.45, 7) is 3.99. The number of benzene rings is 2. The molecular weight excluding hydrogens is 472 g/mol. The third kappa shape index (κ3) is 7.24. The summed E-state index contributed by atoms with van der Waals surface area (Å²) in [6, 6.07) is 10.5. The van der Waals surface area contributed by atoms with E-state index < -0.39 is 36.6 Å². The molecule has 0 aliphatic heterocycles. The molecule has 0 fully saturated rings. The summed E-state index contributed by atoms with van der Waals surface area (Å²) in [5, 5.41) is 0. The van der Waals surface area contributed by atoms with Crippen LogP contribution in [0.15, 0.2) is 48.5 Å². The summed E-state index contributed by atoms with van der Waals surface area (Å²) in [7, 11) is 0. The van der Waals surface area contributed by atoms with Gasteiger partial charge in [-0.1, -0.05) is 57.4 Å². The Balaban J connectivity index is 2.35. The van der Waals surface area contributed by atoms with Crippen molar-refractivity contribution >= 4 is 0 Å². The molecule has 190 valence electrons. The molecule has 0 aliphatic rings. The number of rotatable bonds is 13. The maximum absolute atomic E-state index is 13.2. The highest BCUT2D eigenvalue weighted by Gasteiger charge is 2.44. The van der Waals surface area contributed by atoms with Crippen LogP contribution < -0.4 is 9.47 Å². The fraction of sp³-hybridized carbons (Fsp3) is 0.500. The van der Waals surface area contributed by atoms with Crippen LogP contribution in [0.5, 0.6) is 11.5 Å². The number of ether oxygens (including phenoxy) is 2. The summed E-state index contributed by atoms with van der Waals surface area (Å²) in [5.41, 5.74) is 1.34. The molecule has 0 saturated heterocycles. The van der Waals surface area contributed by atoms with Crippen molar-refractivity contribution in [1.82, 2.24) is 0 Å². The zero-order chi connectivity index (χ0) is 25.5. The Morgan fingerprint density at radius 1 is 0.676 bits per heavy atom. The zero-order valence-corrected chi connectivity index (χ0v) is 18.6. The Hall–Kier alpha value is -2.52. The first-order chi connectivity index (χ1) is 15.9. The quantitative estimate of drug-likeness (QED) is 0.258. The van der Waals surface area contributed by atoms with Crippen molar-refractivity contribution < 1.29 is 44.6 Å². The first-order valence-corrected chi connectivity index (χ1v) is 10.8. The molecule has 2 aromatic rings. The van der Waals surface area contributed by atoms with Crippen LogP contribution >= 0.6 is 0 Å².